The Labute approximate surface area is 122 Å². The molecule has 0 saturated carbocycles. The quantitative estimate of drug-likeness (QED) is 0.852. The van der Waals surface area contributed by atoms with E-state index in [1.165, 1.54) is 18.8 Å². The summed E-state index contributed by atoms with van der Waals surface area (Å²) in [6, 6.07) is 4.96. The largest absolute Gasteiger partial charge is 0.339 e. The fraction of sp³-hybridized carbons (Fsp3) is 0.312. The van der Waals surface area contributed by atoms with Crippen LogP contribution in [0.3, 0.4) is 0 Å². The molecule has 0 unspecified atom stereocenters. The predicted octanol–water partition coefficient (Wildman–Crippen LogP) is 2.91. The molecule has 1 amide bonds. The second kappa shape index (κ2) is 5.99. The fourth-order valence-electron chi connectivity index (χ4n) is 2.54. The van der Waals surface area contributed by atoms with E-state index in [-0.39, 0.29) is 5.91 Å². The van der Waals surface area contributed by atoms with Gasteiger partial charge in [0.05, 0.1) is 17.5 Å². The van der Waals surface area contributed by atoms with Crippen LogP contribution in [0, 0.1) is 5.82 Å². The van der Waals surface area contributed by atoms with Crippen molar-refractivity contribution >= 4 is 5.91 Å². The van der Waals surface area contributed by atoms with Gasteiger partial charge in [-0.15, -0.1) is 0 Å². The average molecular weight is 285 g/mol. The first-order valence-corrected chi connectivity index (χ1v) is 7.11. The molecule has 0 atom stereocenters. The molecule has 0 aromatic carbocycles. The molecule has 0 radical (unpaired) electrons. The van der Waals surface area contributed by atoms with E-state index in [0.29, 0.717) is 16.8 Å². The van der Waals surface area contributed by atoms with Crippen LogP contribution in [0.2, 0.25) is 0 Å². The molecule has 4 nitrogen and oxygen atoms in total. The molecule has 0 spiro atoms. The highest BCUT2D eigenvalue weighted by atomic mass is 19.1. The average Bonchev–Trinajstić information content (AvgIpc) is 2.56. The van der Waals surface area contributed by atoms with E-state index in [1.807, 2.05) is 4.90 Å². The number of hydrogen-bond donors (Lipinski definition) is 0. The minimum atomic E-state index is -0.417. The van der Waals surface area contributed by atoms with Gasteiger partial charge in [0.25, 0.3) is 5.91 Å². The molecule has 2 aromatic rings. The first-order valence-electron chi connectivity index (χ1n) is 7.11. The maximum Gasteiger partial charge on any atom is 0.255 e. The molecule has 3 heterocycles. The van der Waals surface area contributed by atoms with Crippen molar-refractivity contribution in [3.63, 3.8) is 0 Å². The highest BCUT2D eigenvalue weighted by Crippen LogP contribution is 2.20. The lowest BCUT2D eigenvalue weighted by Crippen LogP contribution is -2.35. The van der Waals surface area contributed by atoms with Gasteiger partial charge >= 0.3 is 0 Å². The Bertz CT molecular complexity index is 636. The molecule has 3 rings (SSSR count). The van der Waals surface area contributed by atoms with E-state index in [9.17, 15) is 9.18 Å². The van der Waals surface area contributed by atoms with Crippen LogP contribution in [0.1, 0.15) is 29.6 Å². The predicted molar refractivity (Wildman–Crippen MR) is 77.2 cm³/mol. The Kier molecular flexibility index (Phi) is 3.90. The number of piperidine rings is 1. The maximum absolute atomic E-state index is 13.6. The van der Waals surface area contributed by atoms with Crippen LogP contribution in [0.5, 0.6) is 0 Å². The summed E-state index contributed by atoms with van der Waals surface area (Å²) in [6.45, 7) is 1.61. The van der Waals surface area contributed by atoms with Gasteiger partial charge in [0, 0.05) is 31.0 Å². The summed E-state index contributed by atoms with van der Waals surface area (Å²) in [4.78, 5) is 22.1. The maximum atomic E-state index is 13.6. The molecule has 1 aliphatic heterocycles. The fourth-order valence-corrected chi connectivity index (χ4v) is 2.54. The van der Waals surface area contributed by atoms with E-state index < -0.39 is 5.82 Å². The summed E-state index contributed by atoms with van der Waals surface area (Å²) >= 11 is 0. The van der Waals surface area contributed by atoms with Crippen molar-refractivity contribution in [1.82, 2.24) is 14.9 Å². The third-order valence-electron chi connectivity index (χ3n) is 3.70. The second-order valence-corrected chi connectivity index (χ2v) is 5.14. The van der Waals surface area contributed by atoms with Gasteiger partial charge in [-0.2, -0.15) is 0 Å². The smallest absolute Gasteiger partial charge is 0.255 e. The Morgan fingerprint density at radius 3 is 2.57 bits per heavy atom. The normalized spacial score (nSPS) is 15.0. The minimum Gasteiger partial charge on any atom is -0.339 e. The van der Waals surface area contributed by atoms with Gasteiger partial charge in [0.1, 0.15) is 0 Å². The summed E-state index contributed by atoms with van der Waals surface area (Å²) in [7, 11) is 0. The second-order valence-electron chi connectivity index (χ2n) is 5.14. The van der Waals surface area contributed by atoms with Gasteiger partial charge < -0.3 is 4.90 Å². The first-order chi connectivity index (χ1) is 10.3. The topological polar surface area (TPSA) is 46.1 Å². The van der Waals surface area contributed by atoms with Crippen LogP contribution in [0.25, 0.3) is 11.3 Å². The Balaban J connectivity index is 1.81. The molecule has 1 aliphatic rings. The van der Waals surface area contributed by atoms with Gasteiger partial charge in [-0.3, -0.25) is 14.8 Å². The monoisotopic (exact) mass is 285 g/mol. The molecule has 21 heavy (non-hydrogen) atoms. The van der Waals surface area contributed by atoms with Crippen molar-refractivity contribution in [3.8, 4) is 11.3 Å². The van der Waals surface area contributed by atoms with Crippen molar-refractivity contribution in [2.24, 2.45) is 0 Å². The van der Waals surface area contributed by atoms with Gasteiger partial charge in [-0.05, 0) is 37.5 Å². The van der Waals surface area contributed by atoms with E-state index in [1.54, 1.807) is 18.2 Å². The summed E-state index contributed by atoms with van der Waals surface area (Å²) < 4.78 is 13.6. The van der Waals surface area contributed by atoms with Crippen molar-refractivity contribution in [2.45, 2.75) is 19.3 Å². The number of nitrogens with zero attached hydrogens (tertiary/aromatic N) is 3. The number of rotatable bonds is 2. The van der Waals surface area contributed by atoms with E-state index in [0.717, 1.165) is 32.1 Å². The Morgan fingerprint density at radius 1 is 1.10 bits per heavy atom. The van der Waals surface area contributed by atoms with E-state index in [4.69, 9.17) is 0 Å². The molecule has 2 aromatic heterocycles. The molecule has 1 saturated heterocycles. The van der Waals surface area contributed by atoms with E-state index >= 15 is 0 Å². The van der Waals surface area contributed by atoms with Crippen molar-refractivity contribution in [2.75, 3.05) is 13.1 Å². The zero-order valence-corrected chi connectivity index (χ0v) is 11.6. The number of likely N-dealkylation sites (tertiary alicyclic amines) is 1. The number of carbonyl (C=O) groups is 1. The van der Waals surface area contributed by atoms with Gasteiger partial charge in [-0.25, -0.2) is 4.39 Å². The van der Waals surface area contributed by atoms with Crippen LogP contribution in [0.15, 0.2) is 36.8 Å². The van der Waals surface area contributed by atoms with Crippen molar-refractivity contribution in [3.05, 3.63) is 48.2 Å². The zero-order valence-electron chi connectivity index (χ0n) is 11.6. The van der Waals surface area contributed by atoms with Crippen LogP contribution >= 0.6 is 0 Å². The third kappa shape index (κ3) is 2.91. The van der Waals surface area contributed by atoms with Crippen molar-refractivity contribution < 1.29 is 9.18 Å². The lowest BCUT2D eigenvalue weighted by atomic mass is 10.1. The minimum absolute atomic E-state index is 0.00366. The Morgan fingerprint density at radius 2 is 1.90 bits per heavy atom. The zero-order chi connectivity index (χ0) is 14.7. The van der Waals surface area contributed by atoms with Crippen LogP contribution in [0.4, 0.5) is 4.39 Å². The standard InChI is InChI=1S/C16H16FN3O/c17-14-11-18-7-6-13(14)15-5-4-12(10-19-15)16(21)20-8-2-1-3-9-20/h4-7,10-11H,1-3,8-9H2. The molecule has 5 heteroatoms. The molecule has 0 bridgehead atoms. The Hall–Kier alpha value is -2.30. The summed E-state index contributed by atoms with van der Waals surface area (Å²) in [6.07, 6.45) is 7.49. The number of hydrogen-bond acceptors (Lipinski definition) is 3. The number of halogens is 1. The number of pyridine rings is 2. The van der Waals surface area contributed by atoms with Crippen LogP contribution < -0.4 is 0 Å². The lowest BCUT2D eigenvalue weighted by Gasteiger charge is -2.26. The van der Waals surface area contributed by atoms with Crippen LogP contribution in [-0.2, 0) is 0 Å². The van der Waals surface area contributed by atoms with E-state index in [2.05, 4.69) is 9.97 Å². The number of carbonyl (C=O) groups excluding carboxylic acids is 1. The third-order valence-corrected chi connectivity index (χ3v) is 3.70. The summed E-state index contributed by atoms with van der Waals surface area (Å²) in [5.74, 6) is -0.413. The highest BCUT2D eigenvalue weighted by molar-refractivity contribution is 5.94. The highest BCUT2D eigenvalue weighted by Gasteiger charge is 2.18. The van der Waals surface area contributed by atoms with Gasteiger partial charge in [0.15, 0.2) is 5.82 Å². The first kappa shape index (κ1) is 13.7. The molecule has 0 aliphatic carbocycles. The summed E-state index contributed by atoms with van der Waals surface area (Å²) in [5, 5.41) is 0. The number of aromatic nitrogens is 2. The van der Waals surface area contributed by atoms with Gasteiger partial charge in [-0.1, -0.05) is 0 Å². The SMILES string of the molecule is O=C(c1ccc(-c2ccncc2F)nc1)N1CCCCC1. The van der Waals surface area contributed by atoms with Crippen LogP contribution in [-0.4, -0.2) is 33.9 Å². The molecule has 1 fully saturated rings. The molecular formula is C16H16FN3O. The number of amides is 1. The molecule has 0 N–H and O–H groups in total. The molecule has 108 valence electrons. The van der Waals surface area contributed by atoms with Gasteiger partial charge in [0.2, 0.25) is 0 Å². The van der Waals surface area contributed by atoms with Crippen molar-refractivity contribution in [1.29, 1.82) is 0 Å². The summed E-state index contributed by atoms with van der Waals surface area (Å²) in [5.41, 5.74) is 1.45. The molecular weight excluding hydrogens is 269 g/mol. The lowest BCUT2D eigenvalue weighted by molar-refractivity contribution is 0.0724.